The highest BCUT2D eigenvalue weighted by Crippen LogP contribution is 2.24. The van der Waals surface area contributed by atoms with E-state index >= 15 is 0 Å². The highest BCUT2D eigenvalue weighted by molar-refractivity contribution is 7.89. The van der Waals surface area contributed by atoms with Crippen molar-refractivity contribution in [1.82, 2.24) is 4.31 Å². The number of thiocarbonyl (C=S) groups is 1. The second-order valence-corrected chi connectivity index (χ2v) is 7.57. The molecule has 0 saturated carbocycles. The van der Waals surface area contributed by atoms with Crippen molar-refractivity contribution in [3.63, 3.8) is 0 Å². The first-order valence-corrected chi connectivity index (χ1v) is 8.69. The Morgan fingerprint density at radius 2 is 2.10 bits per heavy atom. The molecule has 2 rings (SSSR count). The first kappa shape index (κ1) is 16.4. The molecule has 5 nitrogen and oxygen atoms in total. The molecule has 7 heteroatoms. The molecule has 1 aliphatic heterocycles. The number of piperidine rings is 1. The molecule has 1 fully saturated rings. The van der Waals surface area contributed by atoms with E-state index < -0.39 is 10.0 Å². The molecule has 1 saturated heterocycles. The number of methoxy groups -OCH3 is 1. The maximum absolute atomic E-state index is 12.6. The average Bonchev–Trinajstić information content (AvgIpc) is 2.48. The van der Waals surface area contributed by atoms with Gasteiger partial charge in [-0.25, -0.2) is 8.42 Å². The van der Waals surface area contributed by atoms with Crippen LogP contribution in [-0.2, 0) is 14.8 Å². The van der Waals surface area contributed by atoms with Crippen LogP contribution in [0.4, 0.5) is 0 Å². The van der Waals surface area contributed by atoms with Crippen molar-refractivity contribution in [2.24, 2.45) is 11.7 Å². The molecule has 0 unspecified atom stereocenters. The summed E-state index contributed by atoms with van der Waals surface area (Å²) in [7, 11) is -1.81. The van der Waals surface area contributed by atoms with E-state index in [0.29, 0.717) is 31.2 Å². The third-order valence-corrected chi connectivity index (χ3v) is 5.86. The summed E-state index contributed by atoms with van der Waals surface area (Å²) in [6.45, 7) is 1.73. The first-order chi connectivity index (χ1) is 9.95. The number of ether oxygens (including phenoxy) is 1. The van der Waals surface area contributed by atoms with Crippen molar-refractivity contribution < 1.29 is 13.2 Å². The molecule has 0 amide bonds. The van der Waals surface area contributed by atoms with E-state index in [4.69, 9.17) is 22.7 Å². The van der Waals surface area contributed by atoms with Gasteiger partial charge in [0, 0.05) is 32.4 Å². The topological polar surface area (TPSA) is 72.6 Å². The van der Waals surface area contributed by atoms with Gasteiger partial charge in [-0.15, -0.1) is 0 Å². The van der Waals surface area contributed by atoms with Gasteiger partial charge in [0.15, 0.2) is 0 Å². The Hall–Kier alpha value is -1.02. The van der Waals surface area contributed by atoms with Crippen molar-refractivity contribution in [2.75, 3.05) is 26.8 Å². The summed E-state index contributed by atoms with van der Waals surface area (Å²) in [6, 6.07) is 6.50. The van der Waals surface area contributed by atoms with E-state index in [1.54, 1.807) is 31.4 Å². The van der Waals surface area contributed by atoms with Crippen LogP contribution in [0.5, 0.6) is 0 Å². The number of hydrogen-bond acceptors (Lipinski definition) is 4. The predicted molar refractivity (Wildman–Crippen MR) is 85.7 cm³/mol. The largest absolute Gasteiger partial charge is 0.389 e. The van der Waals surface area contributed by atoms with Gasteiger partial charge in [-0.1, -0.05) is 24.4 Å². The summed E-state index contributed by atoms with van der Waals surface area (Å²) < 4.78 is 31.9. The van der Waals surface area contributed by atoms with Crippen molar-refractivity contribution >= 4 is 27.2 Å². The van der Waals surface area contributed by atoms with Crippen LogP contribution in [0.15, 0.2) is 29.2 Å². The predicted octanol–water partition coefficient (Wildman–Crippen LogP) is 1.37. The van der Waals surface area contributed by atoms with Gasteiger partial charge in [0.2, 0.25) is 10.0 Å². The van der Waals surface area contributed by atoms with Gasteiger partial charge in [0.1, 0.15) is 4.99 Å². The van der Waals surface area contributed by atoms with Crippen LogP contribution in [0.2, 0.25) is 0 Å². The quantitative estimate of drug-likeness (QED) is 0.827. The zero-order valence-electron chi connectivity index (χ0n) is 12.0. The Labute approximate surface area is 131 Å². The highest BCUT2D eigenvalue weighted by atomic mass is 32.2. The van der Waals surface area contributed by atoms with Crippen molar-refractivity contribution in [3.05, 3.63) is 29.8 Å². The van der Waals surface area contributed by atoms with E-state index in [-0.39, 0.29) is 9.88 Å². The molecular weight excluding hydrogens is 308 g/mol. The number of benzene rings is 1. The maximum atomic E-state index is 12.6. The fraction of sp³-hybridized carbons (Fsp3) is 0.500. The fourth-order valence-electron chi connectivity index (χ4n) is 2.51. The Morgan fingerprint density at radius 1 is 1.43 bits per heavy atom. The standard InChI is InChI=1S/C14H20N2O3S2/c1-19-10-11-5-7-16(8-6-11)21(17,18)13-4-2-3-12(9-13)14(15)20/h2-4,9,11H,5-8,10H2,1H3,(H2,15,20). The van der Waals surface area contributed by atoms with Gasteiger partial charge in [-0.3, -0.25) is 0 Å². The van der Waals surface area contributed by atoms with Crippen LogP contribution in [-0.4, -0.2) is 44.5 Å². The Balaban J connectivity index is 2.16. The SMILES string of the molecule is COCC1CCN(S(=O)(=O)c2cccc(C(N)=S)c2)CC1. The van der Waals surface area contributed by atoms with Crippen molar-refractivity contribution in [2.45, 2.75) is 17.7 Å². The third kappa shape index (κ3) is 3.79. The number of sulfonamides is 1. The summed E-state index contributed by atoms with van der Waals surface area (Å²) in [6.07, 6.45) is 1.64. The summed E-state index contributed by atoms with van der Waals surface area (Å²) in [4.78, 5) is 0.448. The number of rotatable bonds is 5. The lowest BCUT2D eigenvalue weighted by Crippen LogP contribution is -2.39. The van der Waals surface area contributed by atoms with E-state index in [0.717, 1.165) is 12.8 Å². The van der Waals surface area contributed by atoms with E-state index in [1.807, 2.05) is 0 Å². The Morgan fingerprint density at radius 3 is 2.67 bits per heavy atom. The molecule has 1 aromatic rings. The van der Waals surface area contributed by atoms with Crippen LogP contribution in [0.3, 0.4) is 0 Å². The zero-order chi connectivity index (χ0) is 15.5. The molecule has 1 heterocycles. The zero-order valence-corrected chi connectivity index (χ0v) is 13.6. The van der Waals surface area contributed by atoms with E-state index in [1.165, 1.54) is 4.31 Å². The molecule has 0 aliphatic carbocycles. The van der Waals surface area contributed by atoms with Gasteiger partial charge in [0.25, 0.3) is 0 Å². The minimum absolute atomic E-state index is 0.200. The summed E-state index contributed by atoms with van der Waals surface area (Å²) >= 11 is 4.90. The summed E-state index contributed by atoms with van der Waals surface area (Å²) in [5.41, 5.74) is 6.13. The minimum atomic E-state index is -3.48. The Bertz CT molecular complexity index is 608. The lowest BCUT2D eigenvalue weighted by molar-refractivity contribution is 0.121. The molecule has 116 valence electrons. The first-order valence-electron chi connectivity index (χ1n) is 6.84. The molecule has 21 heavy (non-hydrogen) atoms. The molecule has 0 spiro atoms. The van der Waals surface area contributed by atoms with E-state index in [2.05, 4.69) is 0 Å². The molecule has 2 N–H and O–H groups in total. The van der Waals surface area contributed by atoms with Gasteiger partial charge >= 0.3 is 0 Å². The second kappa shape index (κ2) is 6.83. The van der Waals surface area contributed by atoms with Gasteiger partial charge in [-0.2, -0.15) is 4.31 Å². The number of nitrogens with two attached hydrogens (primary N) is 1. The highest BCUT2D eigenvalue weighted by Gasteiger charge is 2.29. The number of hydrogen-bond donors (Lipinski definition) is 1. The normalized spacial score (nSPS) is 17.8. The molecular formula is C14H20N2O3S2. The summed E-state index contributed by atoms with van der Waals surface area (Å²) in [5, 5.41) is 0. The van der Waals surface area contributed by atoms with Gasteiger partial charge < -0.3 is 10.5 Å². The van der Waals surface area contributed by atoms with Crippen LogP contribution in [0, 0.1) is 5.92 Å². The maximum Gasteiger partial charge on any atom is 0.243 e. The molecule has 0 atom stereocenters. The van der Waals surface area contributed by atoms with Crippen molar-refractivity contribution in [1.29, 1.82) is 0 Å². The third-order valence-electron chi connectivity index (χ3n) is 3.73. The molecule has 0 aromatic heterocycles. The number of nitrogens with zero attached hydrogens (tertiary/aromatic N) is 1. The lowest BCUT2D eigenvalue weighted by atomic mass is 9.99. The van der Waals surface area contributed by atoms with Crippen molar-refractivity contribution in [3.8, 4) is 0 Å². The molecule has 0 radical (unpaired) electrons. The van der Waals surface area contributed by atoms with Crippen LogP contribution in [0.25, 0.3) is 0 Å². The lowest BCUT2D eigenvalue weighted by Gasteiger charge is -2.30. The Kier molecular flexibility index (Phi) is 5.32. The smallest absolute Gasteiger partial charge is 0.243 e. The van der Waals surface area contributed by atoms with Gasteiger partial charge in [-0.05, 0) is 30.9 Å². The molecule has 1 aromatic carbocycles. The van der Waals surface area contributed by atoms with E-state index in [9.17, 15) is 8.42 Å². The summed E-state index contributed by atoms with van der Waals surface area (Å²) in [5.74, 6) is 0.435. The minimum Gasteiger partial charge on any atom is -0.389 e. The van der Waals surface area contributed by atoms with Crippen LogP contribution in [0.1, 0.15) is 18.4 Å². The monoisotopic (exact) mass is 328 g/mol. The van der Waals surface area contributed by atoms with Crippen LogP contribution >= 0.6 is 12.2 Å². The van der Waals surface area contributed by atoms with Gasteiger partial charge in [0.05, 0.1) is 4.90 Å². The molecule has 0 bridgehead atoms. The second-order valence-electron chi connectivity index (χ2n) is 5.19. The average molecular weight is 328 g/mol. The van der Waals surface area contributed by atoms with Crippen LogP contribution < -0.4 is 5.73 Å². The molecule has 1 aliphatic rings. The fourth-order valence-corrected chi connectivity index (χ4v) is 4.15.